The van der Waals surface area contributed by atoms with E-state index in [9.17, 15) is 4.57 Å². The second kappa shape index (κ2) is 11.8. The fourth-order valence-electron chi connectivity index (χ4n) is 6.26. The second-order valence-electron chi connectivity index (χ2n) is 13.4. The molecule has 1 saturated heterocycles. The van der Waals surface area contributed by atoms with Gasteiger partial charge in [-0.3, -0.25) is 9.97 Å². The molecule has 0 atom stereocenters. The molecule has 2 aliphatic rings. The standard InChI is InChI=1S/C33H41ClN7O2P/c1-33(2,3)21-11-15-41(16-12-21)27-18-28(43-4)26(17-22(27)20-7-8-20)39-32-37-19-23(34)31(40-32)38-25-10-9-24-29(36-14-13-35-24)30(25)44(5,6)42/h9-10,13-14,17-21H,7-8,11-12,15-16H2,1-6H3,(H2,37,38,39,40). The van der Waals surface area contributed by atoms with Crippen molar-refractivity contribution in [3.63, 3.8) is 0 Å². The molecule has 0 radical (unpaired) electrons. The van der Waals surface area contributed by atoms with Crippen LogP contribution in [0.5, 0.6) is 5.75 Å². The lowest BCUT2D eigenvalue weighted by Crippen LogP contribution is -2.38. The third kappa shape index (κ3) is 6.36. The van der Waals surface area contributed by atoms with Gasteiger partial charge in [-0.05, 0) is 80.0 Å². The second-order valence-corrected chi connectivity index (χ2v) is 16.9. The van der Waals surface area contributed by atoms with E-state index in [1.54, 1.807) is 39.0 Å². The van der Waals surface area contributed by atoms with E-state index in [1.165, 1.54) is 36.9 Å². The topological polar surface area (TPSA) is 105 Å². The van der Waals surface area contributed by atoms with Gasteiger partial charge in [-0.25, -0.2) is 4.98 Å². The van der Waals surface area contributed by atoms with Crippen molar-refractivity contribution in [2.45, 2.75) is 52.4 Å². The number of nitrogens with one attached hydrogen (secondary N) is 2. The van der Waals surface area contributed by atoms with E-state index in [-0.39, 0.29) is 0 Å². The van der Waals surface area contributed by atoms with Crippen LogP contribution >= 0.6 is 18.7 Å². The molecule has 11 heteroatoms. The van der Waals surface area contributed by atoms with Crippen LogP contribution in [0.2, 0.25) is 5.02 Å². The number of halogens is 1. The van der Waals surface area contributed by atoms with E-state index in [2.05, 4.69) is 63.4 Å². The van der Waals surface area contributed by atoms with Crippen molar-refractivity contribution >= 4 is 63.9 Å². The van der Waals surface area contributed by atoms with Gasteiger partial charge in [0.2, 0.25) is 5.95 Å². The highest BCUT2D eigenvalue weighted by atomic mass is 35.5. The summed E-state index contributed by atoms with van der Waals surface area (Å²) in [4.78, 5) is 20.6. The number of benzene rings is 2. The SMILES string of the molecule is COc1cc(N2CCC(C(C)(C)C)CC2)c(C2CC2)cc1Nc1ncc(Cl)c(Nc2ccc3nccnc3c2P(C)(C)=O)n1. The number of piperidine rings is 1. The van der Waals surface area contributed by atoms with E-state index in [4.69, 9.17) is 21.3 Å². The number of anilines is 5. The quantitative estimate of drug-likeness (QED) is 0.187. The van der Waals surface area contributed by atoms with Gasteiger partial charge in [0.25, 0.3) is 0 Å². The monoisotopic (exact) mass is 633 g/mol. The minimum atomic E-state index is -2.76. The summed E-state index contributed by atoms with van der Waals surface area (Å²) in [5.74, 6) is 2.78. The number of fused-ring (bicyclic) bond motifs is 1. The minimum Gasteiger partial charge on any atom is -0.494 e. The van der Waals surface area contributed by atoms with Crippen LogP contribution in [0, 0.1) is 11.3 Å². The van der Waals surface area contributed by atoms with Crippen molar-refractivity contribution in [3.8, 4) is 5.75 Å². The zero-order valence-corrected chi connectivity index (χ0v) is 28.0. The van der Waals surface area contributed by atoms with Gasteiger partial charge in [-0.1, -0.05) is 32.4 Å². The molecule has 0 bridgehead atoms. The van der Waals surface area contributed by atoms with Crippen LogP contribution in [-0.2, 0) is 4.57 Å². The lowest BCUT2D eigenvalue weighted by molar-refractivity contribution is 0.199. The van der Waals surface area contributed by atoms with Gasteiger partial charge < -0.3 is 24.8 Å². The molecule has 3 heterocycles. The van der Waals surface area contributed by atoms with Crippen LogP contribution in [0.15, 0.2) is 42.9 Å². The summed E-state index contributed by atoms with van der Waals surface area (Å²) >= 11 is 6.57. The first-order valence-electron chi connectivity index (χ1n) is 15.2. The Labute approximate surface area is 264 Å². The van der Waals surface area contributed by atoms with Crippen LogP contribution in [0.3, 0.4) is 0 Å². The van der Waals surface area contributed by atoms with Crippen molar-refractivity contribution in [2.75, 3.05) is 49.1 Å². The average Bonchev–Trinajstić information content (AvgIpc) is 3.83. The maximum absolute atomic E-state index is 13.4. The normalized spacial score (nSPS) is 16.3. The highest BCUT2D eigenvalue weighted by Crippen LogP contribution is 2.49. The van der Waals surface area contributed by atoms with Crippen molar-refractivity contribution in [3.05, 3.63) is 53.4 Å². The van der Waals surface area contributed by atoms with E-state index >= 15 is 0 Å². The molecule has 6 rings (SSSR count). The van der Waals surface area contributed by atoms with Crippen LogP contribution in [0.1, 0.15) is 57.9 Å². The molecule has 2 aromatic heterocycles. The van der Waals surface area contributed by atoms with Crippen LogP contribution in [-0.4, -0.2) is 53.5 Å². The van der Waals surface area contributed by atoms with Crippen molar-refractivity contribution in [1.29, 1.82) is 0 Å². The predicted molar refractivity (Wildman–Crippen MR) is 182 cm³/mol. The minimum absolute atomic E-state index is 0.333. The van der Waals surface area contributed by atoms with Crippen molar-refractivity contribution < 1.29 is 9.30 Å². The Balaban J connectivity index is 1.30. The average molecular weight is 634 g/mol. The molecular weight excluding hydrogens is 593 g/mol. The van der Waals surface area contributed by atoms with Gasteiger partial charge in [0.05, 0.1) is 35.5 Å². The maximum atomic E-state index is 13.4. The van der Waals surface area contributed by atoms with Gasteiger partial charge >= 0.3 is 0 Å². The summed E-state index contributed by atoms with van der Waals surface area (Å²) in [6.45, 7) is 12.6. The molecule has 2 fully saturated rings. The number of ether oxygens (including phenoxy) is 1. The number of nitrogens with zero attached hydrogens (tertiary/aromatic N) is 5. The van der Waals surface area contributed by atoms with E-state index in [0.29, 0.717) is 50.1 Å². The number of methoxy groups -OCH3 is 1. The zero-order chi connectivity index (χ0) is 31.2. The molecule has 1 aliphatic heterocycles. The number of hydrogen-bond acceptors (Lipinski definition) is 9. The molecule has 2 aromatic carbocycles. The molecule has 4 aromatic rings. The molecular formula is C33H41ClN7O2P. The Hall–Kier alpha value is -3.42. The highest BCUT2D eigenvalue weighted by Gasteiger charge is 2.33. The summed E-state index contributed by atoms with van der Waals surface area (Å²) < 4.78 is 19.3. The smallest absolute Gasteiger partial charge is 0.229 e. The Morgan fingerprint density at radius 3 is 2.36 bits per heavy atom. The molecule has 232 valence electrons. The summed E-state index contributed by atoms with van der Waals surface area (Å²) in [5.41, 5.74) is 5.65. The maximum Gasteiger partial charge on any atom is 0.229 e. The number of hydrogen-bond donors (Lipinski definition) is 2. The molecule has 0 spiro atoms. The van der Waals surface area contributed by atoms with Crippen LogP contribution < -0.4 is 25.6 Å². The number of rotatable bonds is 8. The summed E-state index contributed by atoms with van der Waals surface area (Å²) in [6.07, 6.45) is 9.56. The molecule has 44 heavy (non-hydrogen) atoms. The lowest BCUT2D eigenvalue weighted by Gasteiger charge is -2.40. The molecule has 2 N–H and O–H groups in total. The van der Waals surface area contributed by atoms with Gasteiger partial charge in [0, 0.05) is 37.2 Å². The molecule has 0 unspecified atom stereocenters. The van der Waals surface area contributed by atoms with Gasteiger partial charge in [0.15, 0.2) is 5.82 Å². The largest absolute Gasteiger partial charge is 0.494 e. The summed E-state index contributed by atoms with van der Waals surface area (Å²) in [6, 6.07) is 8.06. The van der Waals surface area contributed by atoms with Gasteiger partial charge in [-0.15, -0.1) is 0 Å². The Bertz CT molecular complexity index is 1740. The first kappa shape index (κ1) is 30.6. The zero-order valence-electron chi connectivity index (χ0n) is 26.3. The predicted octanol–water partition coefficient (Wildman–Crippen LogP) is 7.96. The Morgan fingerprint density at radius 1 is 0.977 bits per heavy atom. The van der Waals surface area contributed by atoms with Crippen molar-refractivity contribution in [1.82, 2.24) is 19.9 Å². The molecule has 9 nitrogen and oxygen atoms in total. The van der Waals surface area contributed by atoms with E-state index in [1.807, 2.05) is 12.1 Å². The highest BCUT2D eigenvalue weighted by molar-refractivity contribution is 7.71. The molecule has 0 amide bonds. The Kier molecular flexibility index (Phi) is 8.22. The van der Waals surface area contributed by atoms with E-state index < -0.39 is 7.14 Å². The third-order valence-electron chi connectivity index (χ3n) is 8.82. The fourth-order valence-corrected chi connectivity index (χ4v) is 7.80. The van der Waals surface area contributed by atoms with Crippen molar-refractivity contribution in [2.24, 2.45) is 11.3 Å². The third-order valence-corrected chi connectivity index (χ3v) is 10.6. The fraction of sp³-hybridized carbons (Fsp3) is 0.455. The molecule has 1 aliphatic carbocycles. The van der Waals surface area contributed by atoms with Gasteiger partial charge in [-0.2, -0.15) is 4.98 Å². The summed E-state index contributed by atoms with van der Waals surface area (Å²) in [7, 11) is -1.06. The Morgan fingerprint density at radius 2 is 1.70 bits per heavy atom. The van der Waals surface area contributed by atoms with Gasteiger partial charge in [0.1, 0.15) is 23.4 Å². The first-order chi connectivity index (χ1) is 20.9. The van der Waals surface area contributed by atoms with E-state index in [0.717, 1.165) is 30.4 Å². The number of aromatic nitrogens is 4. The van der Waals surface area contributed by atoms with Crippen LogP contribution in [0.4, 0.5) is 28.8 Å². The van der Waals surface area contributed by atoms with Crippen LogP contribution in [0.25, 0.3) is 11.0 Å². The first-order valence-corrected chi connectivity index (χ1v) is 18.2. The molecule has 1 saturated carbocycles. The summed E-state index contributed by atoms with van der Waals surface area (Å²) in [5, 5.41) is 7.63. The lowest BCUT2D eigenvalue weighted by atomic mass is 9.75.